The molecule has 1 heterocycles. The maximum absolute atomic E-state index is 13.1. The van der Waals surface area contributed by atoms with Gasteiger partial charge in [-0.15, -0.1) is 0 Å². The number of nitrogens with one attached hydrogen (secondary N) is 1. The lowest BCUT2D eigenvalue weighted by atomic mass is 10.1. The van der Waals surface area contributed by atoms with Crippen LogP contribution in [0.2, 0.25) is 5.02 Å². The van der Waals surface area contributed by atoms with E-state index in [1.54, 1.807) is 0 Å². The van der Waals surface area contributed by atoms with Crippen molar-refractivity contribution in [3.05, 3.63) is 22.7 Å². The standard InChI is InChI=1S/C15H19ClN2O6S/c1-17-14(19)10-7-9(16)8-12(13(10)24-2)25(22,23)18-6-4-3-5-11(18)15(20)21/h7-8,11H,3-6H2,1-2H3,(H,17,19)(H,20,21). The van der Waals surface area contributed by atoms with Crippen LogP contribution >= 0.6 is 11.6 Å². The summed E-state index contributed by atoms with van der Waals surface area (Å²) in [6, 6.07) is 1.30. The second kappa shape index (κ2) is 7.59. The van der Waals surface area contributed by atoms with E-state index in [9.17, 15) is 23.1 Å². The number of hydrogen-bond acceptors (Lipinski definition) is 5. The molecule has 0 aliphatic carbocycles. The minimum atomic E-state index is -4.22. The molecule has 0 aromatic heterocycles. The molecule has 1 aromatic carbocycles. The van der Waals surface area contributed by atoms with Crippen LogP contribution in [0.4, 0.5) is 0 Å². The fourth-order valence-electron chi connectivity index (χ4n) is 2.84. The Morgan fingerprint density at radius 3 is 2.60 bits per heavy atom. The Morgan fingerprint density at radius 1 is 1.36 bits per heavy atom. The van der Waals surface area contributed by atoms with Crippen LogP contribution in [0.15, 0.2) is 17.0 Å². The van der Waals surface area contributed by atoms with Gasteiger partial charge < -0.3 is 15.2 Å². The van der Waals surface area contributed by atoms with Gasteiger partial charge in [-0.3, -0.25) is 9.59 Å². The van der Waals surface area contributed by atoms with Crippen LogP contribution in [0.1, 0.15) is 29.6 Å². The van der Waals surface area contributed by atoms with Crippen molar-refractivity contribution in [3.63, 3.8) is 0 Å². The Morgan fingerprint density at radius 2 is 2.04 bits per heavy atom. The molecule has 1 amide bonds. The topological polar surface area (TPSA) is 113 Å². The summed E-state index contributed by atoms with van der Waals surface area (Å²) in [6.45, 7) is 0.0737. The first-order valence-corrected chi connectivity index (χ1v) is 9.40. The zero-order valence-corrected chi connectivity index (χ0v) is 15.4. The molecular formula is C15H19ClN2O6S. The molecule has 1 fully saturated rings. The highest BCUT2D eigenvalue weighted by atomic mass is 35.5. The van der Waals surface area contributed by atoms with Crippen LogP contribution < -0.4 is 10.1 Å². The van der Waals surface area contributed by atoms with Gasteiger partial charge in [0, 0.05) is 18.6 Å². The van der Waals surface area contributed by atoms with E-state index in [1.807, 2.05) is 0 Å². The second-order valence-corrected chi connectivity index (χ2v) is 7.82. The molecule has 1 aromatic rings. The van der Waals surface area contributed by atoms with E-state index in [1.165, 1.54) is 20.2 Å². The van der Waals surface area contributed by atoms with E-state index in [0.717, 1.165) is 10.4 Å². The van der Waals surface area contributed by atoms with Crippen molar-refractivity contribution in [3.8, 4) is 5.75 Å². The van der Waals surface area contributed by atoms with Gasteiger partial charge in [0.05, 0.1) is 12.7 Å². The minimum absolute atomic E-state index is 0.0295. The molecule has 2 N–H and O–H groups in total. The molecule has 10 heteroatoms. The van der Waals surface area contributed by atoms with Gasteiger partial charge in [-0.25, -0.2) is 8.42 Å². The molecule has 138 valence electrons. The number of rotatable bonds is 5. The number of hydrogen-bond donors (Lipinski definition) is 2. The average Bonchev–Trinajstić information content (AvgIpc) is 2.60. The molecule has 0 saturated carbocycles. The van der Waals surface area contributed by atoms with Gasteiger partial charge in [-0.2, -0.15) is 4.31 Å². The molecule has 2 rings (SSSR count). The van der Waals surface area contributed by atoms with Gasteiger partial charge in [-0.1, -0.05) is 11.6 Å². The summed E-state index contributed by atoms with van der Waals surface area (Å²) in [4.78, 5) is 23.2. The molecule has 8 nitrogen and oxygen atoms in total. The zero-order chi connectivity index (χ0) is 18.8. The fourth-order valence-corrected chi connectivity index (χ4v) is 4.98. The first-order valence-electron chi connectivity index (χ1n) is 7.58. The number of ether oxygens (including phenoxy) is 1. The SMILES string of the molecule is CNC(=O)c1cc(Cl)cc(S(=O)(=O)N2CCCCC2C(=O)O)c1OC. The largest absolute Gasteiger partial charge is 0.494 e. The number of carboxylic acid groups (broad SMARTS) is 1. The Balaban J connectivity index is 2.64. The van der Waals surface area contributed by atoms with Crippen molar-refractivity contribution in [1.29, 1.82) is 0 Å². The van der Waals surface area contributed by atoms with Gasteiger partial charge in [0.1, 0.15) is 10.9 Å². The number of halogens is 1. The highest BCUT2D eigenvalue weighted by molar-refractivity contribution is 7.89. The monoisotopic (exact) mass is 390 g/mol. The van der Waals surface area contributed by atoms with Gasteiger partial charge in [0.15, 0.2) is 5.75 Å². The number of aliphatic carboxylic acids is 1. The number of nitrogens with zero attached hydrogens (tertiary/aromatic N) is 1. The van der Waals surface area contributed by atoms with Gasteiger partial charge >= 0.3 is 5.97 Å². The number of piperidine rings is 1. The summed E-state index contributed by atoms with van der Waals surface area (Å²) in [5.74, 6) is -1.95. The lowest BCUT2D eigenvalue weighted by Gasteiger charge is -2.32. The van der Waals surface area contributed by atoms with Crippen LogP contribution in [0, 0.1) is 0 Å². The van der Waals surface area contributed by atoms with Gasteiger partial charge in [0.2, 0.25) is 10.0 Å². The zero-order valence-electron chi connectivity index (χ0n) is 13.8. The summed E-state index contributed by atoms with van der Waals surface area (Å²) < 4.78 is 32.3. The number of carbonyl (C=O) groups is 2. The van der Waals surface area contributed by atoms with E-state index in [4.69, 9.17) is 16.3 Å². The predicted octanol–water partition coefficient (Wildman–Crippen LogP) is 1.34. The van der Waals surface area contributed by atoms with Crippen molar-refractivity contribution in [2.24, 2.45) is 0 Å². The summed E-state index contributed by atoms with van der Waals surface area (Å²) in [6.07, 6.45) is 1.40. The number of carboxylic acids is 1. The fraction of sp³-hybridized carbons (Fsp3) is 0.467. The Bertz CT molecular complexity index is 795. The number of amides is 1. The first-order chi connectivity index (χ1) is 11.7. The maximum atomic E-state index is 13.1. The van der Waals surface area contributed by atoms with Crippen molar-refractivity contribution < 1.29 is 27.9 Å². The molecule has 0 spiro atoms. The first kappa shape index (κ1) is 19.5. The van der Waals surface area contributed by atoms with Crippen molar-refractivity contribution in [1.82, 2.24) is 9.62 Å². The normalized spacial score (nSPS) is 18.6. The van der Waals surface area contributed by atoms with Crippen LogP contribution in [0.25, 0.3) is 0 Å². The maximum Gasteiger partial charge on any atom is 0.322 e. The van der Waals surface area contributed by atoms with Crippen LogP contribution in [0.3, 0.4) is 0 Å². The predicted molar refractivity (Wildman–Crippen MR) is 90.6 cm³/mol. The molecule has 0 bridgehead atoms. The Kier molecular flexibility index (Phi) is 5.91. The molecular weight excluding hydrogens is 372 g/mol. The lowest BCUT2D eigenvalue weighted by Crippen LogP contribution is -2.47. The third-order valence-electron chi connectivity index (χ3n) is 4.02. The summed E-state index contributed by atoms with van der Waals surface area (Å²) in [5.41, 5.74) is -0.0417. The minimum Gasteiger partial charge on any atom is -0.494 e. The average molecular weight is 391 g/mol. The van der Waals surface area contributed by atoms with E-state index >= 15 is 0 Å². The molecule has 1 atom stereocenters. The van der Waals surface area contributed by atoms with Crippen LogP contribution in [0.5, 0.6) is 5.75 Å². The van der Waals surface area contributed by atoms with Gasteiger partial charge in [-0.05, 0) is 31.4 Å². The highest BCUT2D eigenvalue weighted by Gasteiger charge is 2.40. The quantitative estimate of drug-likeness (QED) is 0.784. The third-order valence-corrected chi connectivity index (χ3v) is 6.15. The molecule has 1 unspecified atom stereocenters. The van der Waals surface area contributed by atoms with E-state index < -0.39 is 27.9 Å². The van der Waals surface area contributed by atoms with Crippen molar-refractivity contribution in [2.75, 3.05) is 20.7 Å². The van der Waals surface area contributed by atoms with Gasteiger partial charge in [0.25, 0.3) is 5.91 Å². The second-order valence-electron chi connectivity index (χ2n) is 5.53. The van der Waals surface area contributed by atoms with Crippen LogP contribution in [-0.4, -0.2) is 56.5 Å². The van der Waals surface area contributed by atoms with Crippen LogP contribution in [-0.2, 0) is 14.8 Å². The summed E-state index contributed by atoms with van der Waals surface area (Å²) >= 11 is 5.99. The Hall–Kier alpha value is -1.84. The lowest BCUT2D eigenvalue weighted by molar-refractivity contribution is -0.142. The number of carbonyl (C=O) groups excluding carboxylic acids is 1. The number of benzene rings is 1. The summed E-state index contributed by atoms with van der Waals surface area (Å²) in [7, 11) is -1.60. The van der Waals surface area contributed by atoms with E-state index in [0.29, 0.717) is 12.8 Å². The number of sulfonamides is 1. The van der Waals surface area contributed by atoms with Crippen molar-refractivity contribution >= 4 is 33.5 Å². The molecule has 1 aliphatic rings. The Labute approximate surface area is 150 Å². The molecule has 25 heavy (non-hydrogen) atoms. The summed E-state index contributed by atoms with van der Waals surface area (Å²) in [5, 5.41) is 11.8. The molecule has 1 aliphatic heterocycles. The smallest absolute Gasteiger partial charge is 0.322 e. The third kappa shape index (κ3) is 3.73. The van der Waals surface area contributed by atoms with E-state index in [2.05, 4.69) is 5.32 Å². The number of methoxy groups -OCH3 is 1. The van der Waals surface area contributed by atoms with E-state index in [-0.39, 0.29) is 34.2 Å². The van der Waals surface area contributed by atoms with Crippen molar-refractivity contribution in [2.45, 2.75) is 30.2 Å². The molecule has 0 radical (unpaired) electrons. The molecule has 1 saturated heterocycles. The highest BCUT2D eigenvalue weighted by Crippen LogP contribution is 2.35.